The lowest BCUT2D eigenvalue weighted by Gasteiger charge is -2.22. The lowest BCUT2D eigenvalue weighted by molar-refractivity contribution is -0.308. The molecule has 0 heterocycles. The number of rotatable bonds is 8. The van der Waals surface area contributed by atoms with Crippen molar-refractivity contribution in [2.24, 2.45) is 0 Å². The molecular formula is C15H21ClNO4-. The van der Waals surface area contributed by atoms with Crippen LogP contribution in [0, 0.1) is 0 Å². The number of nitrogens with one attached hydrogen (secondary N) is 1. The maximum atomic E-state index is 11.1. The van der Waals surface area contributed by atoms with Crippen molar-refractivity contribution in [1.82, 2.24) is 5.32 Å². The van der Waals surface area contributed by atoms with Gasteiger partial charge in [-0.3, -0.25) is 10.1 Å². The first-order valence-corrected chi connectivity index (χ1v) is 6.72. The van der Waals surface area contributed by atoms with Crippen LogP contribution < -0.4 is 10.4 Å². The van der Waals surface area contributed by atoms with Crippen molar-refractivity contribution >= 4 is 24.3 Å². The Morgan fingerprint density at radius 3 is 2.33 bits per heavy atom. The van der Waals surface area contributed by atoms with Crippen LogP contribution in [-0.2, 0) is 22.4 Å². The average Bonchev–Trinajstić information content (AvgIpc) is 2.42. The largest absolute Gasteiger partial charge is 0.548 e. The molecule has 118 valence electrons. The predicted molar refractivity (Wildman–Crippen MR) is 80.4 cm³/mol. The van der Waals surface area contributed by atoms with E-state index in [9.17, 15) is 14.7 Å². The van der Waals surface area contributed by atoms with Crippen LogP contribution >= 0.6 is 12.4 Å². The highest BCUT2D eigenvalue weighted by Gasteiger charge is 2.18. The Bertz CT molecular complexity index is 478. The number of benzene rings is 1. The fraction of sp³-hybridized carbons (Fsp3) is 0.467. The number of aryl methyl sites for hydroxylation is 2. The third-order valence-corrected chi connectivity index (χ3v) is 3.31. The van der Waals surface area contributed by atoms with E-state index in [1.165, 1.54) is 12.5 Å². The third-order valence-electron chi connectivity index (χ3n) is 3.31. The first-order valence-electron chi connectivity index (χ1n) is 6.72. The van der Waals surface area contributed by atoms with Crippen LogP contribution in [0.15, 0.2) is 24.3 Å². The van der Waals surface area contributed by atoms with E-state index < -0.39 is 24.0 Å². The molecule has 0 bridgehead atoms. The molecule has 2 unspecified atom stereocenters. The standard InChI is InChI=1S/C15H21NO4.ClH/c1-3-11-6-4-5-7-12(11)8-9-13(15(19)20)16-10(2)14(17)18;/h4-7,10,13,16H,3,8-9H2,1-2H3,(H,17,18)(H,19,20);1H/p-1. The van der Waals surface area contributed by atoms with Gasteiger partial charge in [0, 0.05) is 6.04 Å². The Hall–Kier alpha value is -1.59. The Morgan fingerprint density at radius 1 is 1.29 bits per heavy atom. The minimum Gasteiger partial charge on any atom is -0.548 e. The molecule has 0 aromatic heterocycles. The van der Waals surface area contributed by atoms with Gasteiger partial charge < -0.3 is 15.0 Å². The lowest BCUT2D eigenvalue weighted by Crippen LogP contribution is -2.51. The summed E-state index contributed by atoms with van der Waals surface area (Å²) in [5.74, 6) is -2.35. The van der Waals surface area contributed by atoms with Crippen molar-refractivity contribution in [2.45, 2.75) is 45.2 Å². The summed E-state index contributed by atoms with van der Waals surface area (Å²) in [4.78, 5) is 21.8. The summed E-state index contributed by atoms with van der Waals surface area (Å²) in [5.41, 5.74) is 2.27. The van der Waals surface area contributed by atoms with Gasteiger partial charge in [-0.2, -0.15) is 0 Å². The monoisotopic (exact) mass is 314 g/mol. The Kier molecular flexibility index (Phi) is 8.66. The summed E-state index contributed by atoms with van der Waals surface area (Å²) in [6.07, 6.45) is 1.75. The van der Waals surface area contributed by atoms with E-state index in [0.717, 1.165) is 12.0 Å². The molecule has 2 atom stereocenters. The first kappa shape index (κ1) is 19.4. The average molecular weight is 315 g/mol. The zero-order chi connectivity index (χ0) is 15.1. The summed E-state index contributed by atoms with van der Waals surface area (Å²) >= 11 is 0. The highest BCUT2D eigenvalue weighted by Crippen LogP contribution is 2.13. The molecule has 1 aromatic rings. The molecule has 5 nitrogen and oxygen atoms in total. The normalized spacial score (nSPS) is 13.0. The molecular weight excluding hydrogens is 294 g/mol. The molecule has 0 fully saturated rings. The van der Waals surface area contributed by atoms with E-state index >= 15 is 0 Å². The second-order valence-corrected chi connectivity index (χ2v) is 4.76. The summed E-state index contributed by atoms with van der Waals surface area (Å²) in [6.45, 7) is 3.46. The van der Waals surface area contributed by atoms with Crippen molar-refractivity contribution in [2.75, 3.05) is 0 Å². The maximum Gasteiger partial charge on any atom is 0.320 e. The second-order valence-electron chi connectivity index (χ2n) is 4.76. The molecule has 1 aromatic carbocycles. The SMILES string of the molecule is CCc1ccccc1CCC(NC(C)C(=O)O)C(=O)[O-].Cl. The van der Waals surface area contributed by atoms with Crippen molar-refractivity contribution in [3.05, 3.63) is 35.4 Å². The Morgan fingerprint density at radius 2 is 1.86 bits per heavy atom. The molecule has 1 rings (SSSR count). The van der Waals surface area contributed by atoms with Crippen LogP contribution in [0.25, 0.3) is 0 Å². The number of halogens is 1. The number of carboxylic acid groups (broad SMARTS) is 2. The molecule has 0 amide bonds. The number of carbonyl (C=O) groups excluding carboxylic acids is 1. The van der Waals surface area contributed by atoms with Crippen LogP contribution in [0.1, 0.15) is 31.4 Å². The highest BCUT2D eigenvalue weighted by molar-refractivity contribution is 5.85. The lowest BCUT2D eigenvalue weighted by atomic mass is 9.98. The van der Waals surface area contributed by atoms with Gasteiger partial charge in [-0.1, -0.05) is 31.2 Å². The van der Waals surface area contributed by atoms with Gasteiger partial charge in [-0.05, 0) is 37.3 Å². The maximum absolute atomic E-state index is 11.1. The van der Waals surface area contributed by atoms with Crippen LogP contribution in [0.5, 0.6) is 0 Å². The van der Waals surface area contributed by atoms with Crippen LogP contribution in [0.2, 0.25) is 0 Å². The first-order chi connectivity index (χ1) is 9.45. The van der Waals surface area contributed by atoms with Gasteiger partial charge in [0.05, 0.1) is 5.97 Å². The molecule has 21 heavy (non-hydrogen) atoms. The quantitative estimate of drug-likeness (QED) is 0.740. The van der Waals surface area contributed by atoms with Gasteiger partial charge in [-0.25, -0.2) is 0 Å². The molecule has 0 spiro atoms. The molecule has 0 aliphatic heterocycles. The summed E-state index contributed by atoms with van der Waals surface area (Å²) < 4.78 is 0. The summed E-state index contributed by atoms with van der Waals surface area (Å²) in [6, 6.07) is 5.95. The number of hydrogen-bond donors (Lipinski definition) is 2. The van der Waals surface area contributed by atoms with E-state index in [0.29, 0.717) is 12.8 Å². The van der Waals surface area contributed by atoms with E-state index in [-0.39, 0.29) is 12.4 Å². The molecule has 0 radical (unpaired) electrons. The molecule has 0 aliphatic carbocycles. The topological polar surface area (TPSA) is 89.5 Å². The zero-order valence-electron chi connectivity index (χ0n) is 12.2. The van der Waals surface area contributed by atoms with Crippen molar-refractivity contribution in [1.29, 1.82) is 0 Å². The van der Waals surface area contributed by atoms with E-state index in [4.69, 9.17) is 5.11 Å². The van der Waals surface area contributed by atoms with Gasteiger partial charge >= 0.3 is 5.97 Å². The number of aliphatic carboxylic acids is 2. The van der Waals surface area contributed by atoms with Crippen molar-refractivity contribution in [3.8, 4) is 0 Å². The van der Waals surface area contributed by atoms with Crippen LogP contribution in [0.4, 0.5) is 0 Å². The minimum absolute atomic E-state index is 0. The summed E-state index contributed by atoms with van der Waals surface area (Å²) in [7, 11) is 0. The van der Waals surface area contributed by atoms with E-state index in [1.807, 2.05) is 31.2 Å². The van der Waals surface area contributed by atoms with Gasteiger partial charge in [0.15, 0.2) is 0 Å². The van der Waals surface area contributed by atoms with Crippen LogP contribution in [0.3, 0.4) is 0 Å². The van der Waals surface area contributed by atoms with Crippen molar-refractivity contribution < 1.29 is 19.8 Å². The Balaban J connectivity index is 0.00000400. The molecule has 0 aliphatic rings. The zero-order valence-corrected chi connectivity index (χ0v) is 13.0. The van der Waals surface area contributed by atoms with E-state index in [2.05, 4.69) is 5.32 Å². The molecule has 0 saturated carbocycles. The fourth-order valence-electron chi connectivity index (χ4n) is 2.09. The number of carboxylic acids is 2. The van der Waals surface area contributed by atoms with Gasteiger partial charge in [0.25, 0.3) is 0 Å². The predicted octanol–water partition coefficient (Wildman–Crippen LogP) is 0.785. The smallest absolute Gasteiger partial charge is 0.320 e. The van der Waals surface area contributed by atoms with Crippen molar-refractivity contribution in [3.63, 3.8) is 0 Å². The van der Waals surface area contributed by atoms with Gasteiger partial charge in [-0.15, -0.1) is 12.4 Å². The summed E-state index contributed by atoms with van der Waals surface area (Å²) in [5, 5.41) is 22.4. The highest BCUT2D eigenvalue weighted by atomic mass is 35.5. The second kappa shape index (κ2) is 9.37. The number of carbonyl (C=O) groups is 2. The minimum atomic E-state index is -1.27. The molecule has 2 N–H and O–H groups in total. The van der Waals surface area contributed by atoms with Crippen LogP contribution in [-0.4, -0.2) is 29.1 Å². The number of hydrogen-bond acceptors (Lipinski definition) is 4. The van der Waals surface area contributed by atoms with Gasteiger partial charge in [0.1, 0.15) is 6.04 Å². The molecule has 0 saturated heterocycles. The van der Waals surface area contributed by atoms with E-state index in [1.54, 1.807) is 0 Å². The third kappa shape index (κ3) is 6.14. The fourth-order valence-corrected chi connectivity index (χ4v) is 2.09. The molecule has 6 heteroatoms. The Labute approximate surface area is 130 Å². The van der Waals surface area contributed by atoms with Gasteiger partial charge in [0.2, 0.25) is 0 Å².